The molecule has 0 radical (unpaired) electrons. The topological polar surface area (TPSA) is 3.24 Å². The Morgan fingerprint density at radius 1 is 0.542 bits per heavy atom. The zero-order valence-corrected chi connectivity index (χ0v) is 27.4. The lowest BCUT2D eigenvalue weighted by atomic mass is 9.82. The number of allylic oxidation sites excluding steroid dienone is 4. The summed E-state index contributed by atoms with van der Waals surface area (Å²) in [6.45, 7) is 12.6. The summed E-state index contributed by atoms with van der Waals surface area (Å²) < 4.78 is 0. The highest BCUT2D eigenvalue weighted by molar-refractivity contribution is 6.15. The van der Waals surface area contributed by atoms with Gasteiger partial charge in [-0.1, -0.05) is 148 Å². The van der Waals surface area contributed by atoms with Crippen LogP contribution in [0, 0.1) is 0 Å². The van der Waals surface area contributed by atoms with Gasteiger partial charge >= 0.3 is 0 Å². The summed E-state index contributed by atoms with van der Waals surface area (Å²) in [5.74, 6) is 0. The fourth-order valence-corrected chi connectivity index (χ4v) is 7.58. The van der Waals surface area contributed by atoms with Crippen LogP contribution in [-0.4, -0.2) is 0 Å². The minimum atomic E-state index is -0.101. The van der Waals surface area contributed by atoms with E-state index in [4.69, 9.17) is 0 Å². The SMILES string of the molecule is C=C/C=C(\C=C)c1ccc(N(c2ccc3c(c2)C(C)(C)c2ccccc2-3)c2ccc3c(-c4ccccc4)cc4ccccc4c3c2)cc1. The first-order valence-corrected chi connectivity index (χ1v) is 16.6. The molecule has 48 heavy (non-hydrogen) atoms. The van der Waals surface area contributed by atoms with Gasteiger partial charge in [-0.2, -0.15) is 0 Å². The zero-order chi connectivity index (χ0) is 32.8. The number of hydrogen-bond acceptors (Lipinski definition) is 1. The predicted molar refractivity (Wildman–Crippen MR) is 208 cm³/mol. The van der Waals surface area contributed by atoms with Gasteiger partial charge in [-0.3, -0.25) is 0 Å². The molecule has 0 spiro atoms. The Morgan fingerprint density at radius 3 is 2.00 bits per heavy atom. The maximum absolute atomic E-state index is 4.03. The van der Waals surface area contributed by atoms with E-state index in [-0.39, 0.29) is 5.41 Å². The van der Waals surface area contributed by atoms with Crippen LogP contribution in [0.25, 0.3) is 49.4 Å². The zero-order valence-electron chi connectivity index (χ0n) is 27.4. The Labute approximate surface area is 283 Å². The number of hydrogen-bond donors (Lipinski definition) is 0. The molecule has 0 heterocycles. The molecule has 0 amide bonds. The van der Waals surface area contributed by atoms with E-state index < -0.39 is 0 Å². The van der Waals surface area contributed by atoms with Gasteiger partial charge in [-0.25, -0.2) is 0 Å². The molecule has 0 saturated heterocycles. The highest BCUT2D eigenvalue weighted by Gasteiger charge is 2.35. The Balaban J connectivity index is 1.35. The normalized spacial score (nSPS) is 13.2. The van der Waals surface area contributed by atoms with Crippen LogP contribution in [-0.2, 0) is 5.41 Å². The summed E-state index contributed by atoms with van der Waals surface area (Å²) in [7, 11) is 0. The fourth-order valence-electron chi connectivity index (χ4n) is 7.58. The van der Waals surface area contributed by atoms with E-state index in [1.807, 2.05) is 18.2 Å². The number of anilines is 3. The summed E-state index contributed by atoms with van der Waals surface area (Å²) >= 11 is 0. The predicted octanol–water partition coefficient (Wildman–Crippen LogP) is 13.2. The van der Waals surface area contributed by atoms with E-state index in [0.717, 1.165) is 28.2 Å². The third-order valence-electron chi connectivity index (χ3n) is 9.99. The van der Waals surface area contributed by atoms with Gasteiger partial charge in [-0.15, -0.1) is 0 Å². The van der Waals surface area contributed by atoms with Crippen molar-refractivity contribution in [3.63, 3.8) is 0 Å². The van der Waals surface area contributed by atoms with Gasteiger partial charge in [0, 0.05) is 22.5 Å². The maximum Gasteiger partial charge on any atom is 0.0468 e. The van der Waals surface area contributed by atoms with E-state index in [1.54, 1.807) is 0 Å². The number of nitrogens with zero attached hydrogens (tertiary/aromatic N) is 1. The van der Waals surface area contributed by atoms with Crippen LogP contribution >= 0.6 is 0 Å². The molecule has 0 aromatic heterocycles. The fraction of sp³-hybridized carbons (Fsp3) is 0.0638. The molecule has 7 aromatic rings. The molecule has 0 aliphatic heterocycles. The summed E-state index contributed by atoms with van der Waals surface area (Å²) in [5.41, 5.74) is 13.2. The van der Waals surface area contributed by atoms with Gasteiger partial charge in [0.2, 0.25) is 0 Å². The molecule has 0 atom stereocenters. The number of rotatable bonds is 7. The van der Waals surface area contributed by atoms with Gasteiger partial charge < -0.3 is 4.90 Å². The minimum Gasteiger partial charge on any atom is -0.310 e. The van der Waals surface area contributed by atoms with Crippen LogP contribution < -0.4 is 4.90 Å². The Kier molecular flexibility index (Phi) is 7.19. The molecule has 1 nitrogen and oxygen atoms in total. The molecule has 0 unspecified atom stereocenters. The Hall–Kier alpha value is -5.92. The molecule has 8 rings (SSSR count). The molecule has 0 saturated carbocycles. The lowest BCUT2D eigenvalue weighted by Gasteiger charge is -2.29. The van der Waals surface area contributed by atoms with Crippen LogP contribution in [0.4, 0.5) is 17.1 Å². The first-order valence-electron chi connectivity index (χ1n) is 16.6. The smallest absolute Gasteiger partial charge is 0.0468 e. The van der Waals surface area contributed by atoms with Gasteiger partial charge in [0.25, 0.3) is 0 Å². The Bertz CT molecular complexity index is 2390. The summed E-state index contributed by atoms with van der Waals surface area (Å²) in [6.07, 6.45) is 5.69. The molecule has 7 aromatic carbocycles. The van der Waals surface area contributed by atoms with Crippen molar-refractivity contribution in [2.24, 2.45) is 0 Å². The molecule has 0 fully saturated rings. The second-order valence-electron chi connectivity index (χ2n) is 13.1. The first kappa shape index (κ1) is 29.5. The third-order valence-corrected chi connectivity index (χ3v) is 9.99. The second-order valence-corrected chi connectivity index (χ2v) is 13.1. The van der Waals surface area contributed by atoms with Gasteiger partial charge in [0.1, 0.15) is 0 Å². The van der Waals surface area contributed by atoms with E-state index >= 15 is 0 Å². The van der Waals surface area contributed by atoms with E-state index in [1.165, 1.54) is 54.9 Å². The number of benzene rings is 7. The average Bonchev–Trinajstić information content (AvgIpc) is 3.36. The maximum atomic E-state index is 4.03. The molecule has 1 heteroatoms. The average molecular weight is 616 g/mol. The molecule has 230 valence electrons. The Morgan fingerprint density at radius 2 is 1.21 bits per heavy atom. The first-order chi connectivity index (χ1) is 23.5. The van der Waals surface area contributed by atoms with Crippen molar-refractivity contribution in [3.8, 4) is 22.3 Å². The molecule has 0 N–H and O–H groups in total. The van der Waals surface area contributed by atoms with Crippen molar-refractivity contribution >= 4 is 44.2 Å². The van der Waals surface area contributed by atoms with Crippen molar-refractivity contribution in [3.05, 3.63) is 194 Å². The molecular formula is C47H37N. The summed E-state index contributed by atoms with van der Waals surface area (Å²) in [4.78, 5) is 2.40. The van der Waals surface area contributed by atoms with Crippen molar-refractivity contribution in [1.82, 2.24) is 0 Å². The largest absolute Gasteiger partial charge is 0.310 e. The van der Waals surface area contributed by atoms with Crippen LogP contribution in [0.3, 0.4) is 0 Å². The molecule has 1 aliphatic carbocycles. The van der Waals surface area contributed by atoms with Gasteiger partial charge in [-0.05, 0) is 109 Å². The van der Waals surface area contributed by atoms with Gasteiger partial charge in [0.15, 0.2) is 0 Å². The molecular weight excluding hydrogens is 579 g/mol. The van der Waals surface area contributed by atoms with Crippen LogP contribution in [0.15, 0.2) is 177 Å². The second kappa shape index (κ2) is 11.7. The summed E-state index contributed by atoms with van der Waals surface area (Å²) in [6, 6.07) is 53.3. The standard InChI is InChI=1S/C47H37N/c1-5-14-32(6-2)33-21-23-36(24-22-33)48(38-26-28-42-41-19-12-13-20-45(41)47(3,4)46(42)31-38)37-25-27-40-43(34-15-8-7-9-16-34)29-35-17-10-11-18-39(35)44(40)30-37/h5-31H,1-2H2,3-4H3/b32-14+. The van der Waals surface area contributed by atoms with Crippen molar-refractivity contribution < 1.29 is 0 Å². The van der Waals surface area contributed by atoms with Crippen molar-refractivity contribution in [2.45, 2.75) is 19.3 Å². The van der Waals surface area contributed by atoms with E-state index in [0.29, 0.717) is 0 Å². The molecule has 1 aliphatic rings. The van der Waals surface area contributed by atoms with Crippen LogP contribution in [0.2, 0.25) is 0 Å². The quantitative estimate of drug-likeness (QED) is 0.127. The van der Waals surface area contributed by atoms with Gasteiger partial charge in [0.05, 0.1) is 0 Å². The van der Waals surface area contributed by atoms with Crippen molar-refractivity contribution in [2.75, 3.05) is 4.90 Å². The van der Waals surface area contributed by atoms with E-state index in [9.17, 15) is 0 Å². The highest BCUT2D eigenvalue weighted by Crippen LogP contribution is 2.51. The molecule has 0 bridgehead atoms. The lowest BCUT2D eigenvalue weighted by molar-refractivity contribution is 0.660. The van der Waals surface area contributed by atoms with E-state index in [2.05, 4.69) is 177 Å². The third kappa shape index (κ3) is 4.79. The lowest BCUT2D eigenvalue weighted by Crippen LogP contribution is -2.16. The van der Waals surface area contributed by atoms with Crippen molar-refractivity contribution in [1.29, 1.82) is 0 Å². The monoisotopic (exact) mass is 615 g/mol. The van der Waals surface area contributed by atoms with Crippen LogP contribution in [0.5, 0.6) is 0 Å². The van der Waals surface area contributed by atoms with Crippen LogP contribution in [0.1, 0.15) is 30.5 Å². The minimum absolute atomic E-state index is 0.101. The number of fused-ring (bicyclic) bond motifs is 6. The highest BCUT2D eigenvalue weighted by atomic mass is 15.1. The summed E-state index contributed by atoms with van der Waals surface area (Å²) in [5, 5.41) is 4.97.